The summed E-state index contributed by atoms with van der Waals surface area (Å²) in [6.07, 6.45) is 2.29. The second kappa shape index (κ2) is 7.47. The molecule has 4 aliphatic rings. The molecule has 166 valence electrons. The van der Waals surface area contributed by atoms with E-state index in [-0.39, 0.29) is 48.1 Å². The number of methoxy groups -OCH3 is 1. The van der Waals surface area contributed by atoms with E-state index >= 15 is 0 Å². The average molecular weight is 411 g/mol. The lowest BCUT2D eigenvalue weighted by Gasteiger charge is -2.47. The zero-order chi connectivity index (χ0) is 21.1. The Labute approximate surface area is 174 Å². The Morgan fingerprint density at radius 2 is 1.90 bits per heavy atom. The molecular weight excluding hydrogens is 372 g/mol. The van der Waals surface area contributed by atoms with E-state index in [0.29, 0.717) is 24.9 Å². The molecule has 11 atom stereocenters. The zero-order valence-corrected chi connectivity index (χ0v) is 18.7. The molecule has 3 unspecified atom stereocenters. The SMILES string of the molecule is CO[C@@H]1CC[C@]2(C)OC[C@H](C)C3C[C@@H](C)[C@@H](OC(C)=O)[C@H]4C(C[C@@]1(C)O)OC2[C@@H]34. The first-order valence-corrected chi connectivity index (χ1v) is 11.3. The fourth-order valence-corrected chi connectivity index (χ4v) is 6.97. The van der Waals surface area contributed by atoms with Gasteiger partial charge in [0.15, 0.2) is 0 Å². The van der Waals surface area contributed by atoms with Gasteiger partial charge in [-0.25, -0.2) is 0 Å². The van der Waals surface area contributed by atoms with Crippen LogP contribution < -0.4 is 0 Å². The summed E-state index contributed by atoms with van der Waals surface area (Å²) in [4.78, 5) is 12.0. The van der Waals surface area contributed by atoms with E-state index in [2.05, 4.69) is 20.8 Å². The van der Waals surface area contributed by atoms with Crippen molar-refractivity contribution in [1.82, 2.24) is 0 Å². The van der Waals surface area contributed by atoms with E-state index in [1.165, 1.54) is 6.92 Å². The minimum absolute atomic E-state index is 0.0515. The fourth-order valence-electron chi connectivity index (χ4n) is 6.97. The van der Waals surface area contributed by atoms with Gasteiger partial charge in [0.2, 0.25) is 0 Å². The predicted octanol–water partition coefficient (Wildman–Crippen LogP) is 2.95. The topological polar surface area (TPSA) is 74.2 Å². The Kier molecular flexibility index (Phi) is 5.55. The Morgan fingerprint density at radius 1 is 1.17 bits per heavy atom. The molecule has 4 fully saturated rings. The Balaban J connectivity index is 1.80. The third-order valence-corrected chi connectivity index (χ3v) is 8.43. The van der Waals surface area contributed by atoms with Crippen LogP contribution in [-0.2, 0) is 23.7 Å². The van der Waals surface area contributed by atoms with Crippen molar-refractivity contribution >= 4 is 5.97 Å². The maximum Gasteiger partial charge on any atom is 0.302 e. The molecule has 1 aliphatic carbocycles. The zero-order valence-electron chi connectivity index (χ0n) is 18.7. The fraction of sp³-hybridized carbons (Fsp3) is 0.957. The lowest BCUT2D eigenvalue weighted by molar-refractivity contribution is -0.163. The highest BCUT2D eigenvalue weighted by Gasteiger charge is 2.64. The Bertz CT molecular complexity index is 635. The van der Waals surface area contributed by atoms with Crippen LogP contribution in [0.25, 0.3) is 0 Å². The first kappa shape index (κ1) is 21.5. The molecule has 2 bridgehead atoms. The average Bonchev–Trinajstić information content (AvgIpc) is 2.97. The molecule has 0 spiro atoms. The summed E-state index contributed by atoms with van der Waals surface area (Å²) in [6, 6.07) is 0. The summed E-state index contributed by atoms with van der Waals surface area (Å²) in [7, 11) is 1.66. The molecule has 6 heteroatoms. The van der Waals surface area contributed by atoms with Crippen LogP contribution in [0, 0.1) is 29.6 Å². The van der Waals surface area contributed by atoms with Crippen molar-refractivity contribution in [2.45, 2.75) is 95.9 Å². The number of hydrogen-bond donors (Lipinski definition) is 1. The Hall–Kier alpha value is -0.690. The van der Waals surface area contributed by atoms with E-state index in [4.69, 9.17) is 18.9 Å². The number of carbonyl (C=O) groups excluding carboxylic acids is 1. The minimum atomic E-state index is -1.01. The van der Waals surface area contributed by atoms with Gasteiger partial charge in [-0.3, -0.25) is 4.79 Å². The smallest absolute Gasteiger partial charge is 0.302 e. The largest absolute Gasteiger partial charge is 0.462 e. The van der Waals surface area contributed by atoms with E-state index < -0.39 is 11.2 Å². The maximum atomic E-state index is 12.0. The molecule has 0 aromatic carbocycles. The molecule has 3 aliphatic heterocycles. The summed E-state index contributed by atoms with van der Waals surface area (Å²) in [5.74, 6) is 1.27. The number of carbonyl (C=O) groups is 1. The van der Waals surface area contributed by atoms with Gasteiger partial charge in [-0.05, 0) is 56.8 Å². The highest BCUT2D eigenvalue weighted by molar-refractivity contribution is 5.66. The first-order chi connectivity index (χ1) is 13.6. The monoisotopic (exact) mass is 410 g/mol. The van der Waals surface area contributed by atoms with Crippen molar-refractivity contribution in [3.05, 3.63) is 0 Å². The summed E-state index contributed by atoms with van der Waals surface area (Å²) in [5.41, 5.74) is -1.44. The number of esters is 1. The van der Waals surface area contributed by atoms with E-state index in [1.54, 1.807) is 7.11 Å². The highest BCUT2D eigenvalue weighted by atomic mass is 16.6. The van der Waals surface area contributed by atoms with Gasteiger partial charge in [-0.2, -0.15) is 0 Å². The van der Waals surface area contributed by atoms with Gasteiger partial charge in [0.05, 0.1) is 36.1 Å². The van der Waals surface area contributed by atoms with Gasteiger partial charge in [-0.1, -0.05) is 13.8 Å². The molecule has 0 aromatic heterocycles. The lowest BCUT2D eigenvalue weighted by Crippen LogP contribution is -2.54. The summed E-state index contributed by atoms with van der Waals surface area (Å²) < 4.78 is 24.9. The Morgan fingerprint density at radius 3 is 2.55 bits per heavy atom. The van der Waals surface area contributed by atoms with E-state index in [0.717, 1.165) is 19.3 Å². The van der Waals surface area contributed by atoms with Crippen LogP contribution in [-0.4, -0.2) is 60.4 Å². The molecule has 0 aromatic rings. The quantitative estimate of drug-likeness (QED) is 0.706. The van der Waals surface area contributed by atoms with Crippen molar-refractivity contribution in [2.24, 2.45) is 29.6 Å². The number of ether oxygens (including phenoxy) is 4. The van der Waals surface area contributed by atoms with Crippen molar-refractivity contribution in [3.8, 4) is 0 Å². The molecular formula is C23H38O6. The van der Waals surface area contributed by atoms with Gasteiger partial charge in [0, 0.05) is 26.4 Å². The molecule has 3 heterocycles. The third kappa shape index (κ3) is 3.54. The molecule has 3 saturated heterocycles. The second-order valence-electron chi connectivity index (χ2n) is 10.6. The summed E-state index contributed by atoms with van der Waals surface area (Å²) in [5, 5.41) is 11.3. The molecule has 0 amide bonds. The lowest BCUT2D eigenvalue weighted by atomic mass is 9.59. The molecule has 6 nitrogen and oxygen atoms in total. The van der Waals surface area contributed by atoms with Crippen LogP contribution in [0.4, 0.5) is 0 Å². The van der Waals surface area contributed by atoms with Gasteiger partial charge in [0.1, 0.15) is 6.10 Å². The molecule has 0 radical (unpaired) electrons. The summed E-state index contributed by atoms with van der Waals surface area (Å²) in [6.45, 7) is 10.7. The maximum absolute atomic E-state index is 12.0. The summed E-state index contributed by atoms with van der Waals surface area (Å²) >= 11 is 0. The van der Waals surface area contributed by atoms with Crippen LogP contribution in [0.1, 0.15) is 60.3 Å². The van der Waals surface area contributed by atoms with Gasteiger partial charge in [-0.15, -0.1) is 0 Å². The van der Waals surface area contributed by atoms with Crippen LogP contribution >= 0.6 is 0 Å². The van der Waals surface area contributed by atoms with E-state index in [9.17, 15) is 9.90 Å². The standard InChI is InChI=1S/C23H38O6/c1-12-9-15-13(2)11-27-23(5)8-7-17(26-6)22(4,25)10-16-19(18(15)21(23)29-16)20(12)28-14(3)24/h12-13,15-21,25H,7-11H2,1-6H3/t12-,13+,15?,16?,17-,18+,19+,20-,21?,22-,23+/m1/s1. The second-order valence-corrected chi connectivity index (χ2v) is 10.6. The molecule has 4 rings (SSSR count). The van der Waals surface area contributed by atoms with Crippen molar-refractivity contribution in [2.75, 3.05) is 13.7 Å². The van der Waals surface area contributed by atoms with Gasteiger partial charge in [0.25, 0.3) is 0 Å². The first-order valence-electron chi connectivity index (χ1n) is 11.3. The van der Waals surface area contributed by atoms with Crippen LogP contribution in [0.3, 0.4) is 0 Å². The van der Waals surface area contributed by atoms with Gasteiger partial charge >= 0.3 is 5.97 Å². The van der Waals surface area contributed by atoms with E-state index in [1.807, 2.05) is 6.92 Å². The molecule has 1 saturated carbocycles. The normalized spacial score (nSPS) is 54.7. The number of fused-ring (bicyclic) bond motifs is 2. The van der Waals surface area contributed by atoms with Crippen molar-refractivity contribution in [1.29, 1.82) is 0 Å². The highest BCUT2D eigenvalue weighted by Crippen LogP contribution is 2.58. The molecule has 1 N–H and O–H groups in total. The van der Waals surface area contributed by atoms with Crippen LogP contribution in [0.2, 0.25) is 0 Å². The van der Waals surface area contributed by atoms with Crippen molar-refractivity contribution < 1.29 is 28.8 Å². The predicted molar refractivity (Wildman–Crippen MR) is 107 cm³/mol. The number of aliphatic hydroxyl groups is 1. The third-order valence-electron chi connectivity index (χ3n) is 8.43. The number of hydrogen-bond acceptors (Lipinski definition) is 6. The van der Waals surface area contributed by atoms with Crippen molar-refractivity contribution in [3.63, 3.8) is 0 Å². The molecule has 29 heavy (non-hydrogen) atoms. The van der Waals surface area contributed by atoms with Crippen LogP contribution in [0.15, 0.2) is 0 Å². The number of rotatable bonds is 2. The van der Waals surface area contributed by atoms with Gasteiger partial charge < -0.3 is 24.1 Å². The minimum Gasteiger partial charge on any atom is -0.462 e. The van der Waals surface area contributed by atoms with Crippen LogP contribution in [0.5, 0.6) is 0 Å².